The second-order valence-corrected chi connectivity index (χ2v) is 8.21. The second kappa shape index (κ2) is 3.39. The maximum atomic E-state index is 10.8. The van der Waals surface area contributed by atoms with Gasteiger partial charge in [-0.1, -0.05) is 13.8 Å². The standard InChI is InChI=1S/C7H13ClO2S2/c1-7(2)6(3-4-11-7)5-12(8,9)10/h6H,3-5H2,1-2H3. The lowest BCUT2D eigenvalue weighted by Crippen LogP contribution is -2.27. The Kier molecular flexibility index (Phi) is 3.01. The third kappa shape index (κ3) is 2.82. The summed E-state index contributed by atoms with van der Waals surface area (Å²) in [6.07, 6.45) is 0.962. The van der Waals surface area contributed by atoms with E-state index in [4.69, 9.17) is 10.7 Å². The first-order chi connectivity index (χ1) is 5.31. The van der Waals surface area contributed by atoms with E-state index in [-0.39, 0.29) is 16.4 Å². The van der Waals surface area contributed by atoms with Crippen LogP contribution in [0.4, 0.5) is 0 Å². The average molecular weight is 229 g/mol. The van der Waals surface area contributed by atoms with Gasteiger partial charge < -0.3 is 0 Å². The number of rotatable bonds is 2. The van der Waals surface area contributed by atoms with Crippen molar-refractivity contribution in [3.8, 4) is 0 Å². The van der Waals surface area contributed by atoms with Gasteiger partial charge in [-0.15, -0.1) is 0 Å². The van der Waals surface area contributed by atoms with Crippen molar-refractivity contribution in [2.24, 2.45) is 5.92 Å². The van der Waals surface area contributed by atoms with E-state index in [0.717, 1.165) is 12.2 Å². The Hall–Kier alpha value is 0.590. The molecule has 1 saturated heterocycles. The number of halogens is 1. The van der Waals surface area contributed by atoms with Gasteiger partial charge in [0.15, 0.2) is 0 Å². The fourth-order valence-corrected chi connectivity index (χ4v) is 4.45. The monoisotopic (exact) mass is 228 g/mol. The number of hydrogen-bond acceptors (Lipinski definition) is 3. The third-order valence-corrected chi connectivity index (χ3v) is 5.02. The molecule has 0 radical (unpaired) electrons. The van der Waals surface area contributed by atoms with Crippen LogP contribution in [0.2, 0.25) is 0 Å². The third-order valence-electron chi connectivity index (χ3n) is 2.32. The Balaban J connectivity index is 2.65. The second-order valence-electron chi connectivity index (χ2n) is 3.64. The van der Waals surface area contributed by atoms with Gasteiger partial charge >= 0.3 is 0 Å². The van der Waals surface area contributed by atoms with Gasteiger partial charge in [0.2, 0.25) is 9.05 Å². The smallest absolute Gasteiger partial charge is 0.212 e. The molecule has 1 atom stereocenters. The summed E-state index contributed by atoms with van der Waals surface area (Å²) in [5, 5.41) is 0. The topological polar surface area (TPSA) is 34.1 Å². The highest BCUT2D eigenvalue weighted by Crippen LogP contribution is 2.43. The Morgan fingerprint density at radius 2 is 2.17 bits per heavy atom. The summed E-state index contributed by atoms with van der Waals surface area (Å²) in [6.45, 7) is 4.16. The van der Waals surface area contributed by atoms with Crippen molar-refractivity contribution >= 4 is 31.5 Å². The molecule has 0 aromatic rings. The van der Waals surface area contributed by atoms with E-state index in [1.54, 1.807) is 0 Å². The van der Waals surface area contributed by atoms with E-state index in [1.807, 2.05) is 11.8 Å². The summed E-state index contributed by atoms with van der Waals surface area (Å²) in [7, 11) is 1.88. The highest BCUT2D eigenvalue weighted by molar-refractivity contribution is 8.13. The molecule has 1 heterocycles. The molecule has 0 N–H and O–H groups in total. The molecule has 0 saturated carbocycles. The van der Waals surface area contributed by atoms with Crippen LogP contribution in [0, 0.1) is 5.92 Å². The summed E-state index contributed by atoms with van der Waals surface area (Å²) >= 11 is 1.83. The molecule has 1 rings (SSSR count). The van der Waals surface area contributed by atoms with E-state index in [0.29, 0.717) is 0 Å². The number of hydrogen-bond donors (Lipinski definition) is 0. The largest absolute Gasteiger partial charge is 0.232 e. The zero-order valence-corrected chi connectivity index (χ0v) is 9.60. The molecule has 0 aromatic carbocycles. The molecular weight excluding hydrogens is 216 g/mol. The number of thioether (sulfide) groups is 1. The molecule has 1 aliphatic heterocycles. The molecule has 0 aromatic heterocycles. The molecule has 1 aliphatic rings. The van der Waals surface area contributed by atoms with Crippen LogP contribution < -0.4 is 0 Å². The lowest BCUT2D eigenvalue weighted by Gasteiger charge is -2.24. The molecular formula is C7H13ClO2S2. The van der Waals surface area contributed by atoms with E-state index >= 15 is 0 Å². The van der Waals surface area contributed by atoms with Crippen molar-refractivity contribution in [2.45, 2.75) is 25.0 Å². The van der Waals surface area contributed by atoms with Crippen LogP contribution in [-0.2, 0) is 9.05 Å². The van der Waals surface area contributed by atoms with E-state index < -0.39 is 9.05 Å². The summed E-state index contributed by atoms with van der Waals surface area (Å²) in [5.74, 6) is 1.38. The van der Waals surface area contributed by atoms with E-state index in [1.165, 1.54) is 0 Å². The summed E-state index contributed by atoms with van der Waals surface area (Å²) < 4.78 is 21.7. The molecule has 2 nitrogen and oxygen atoms in total. The Morgan fingerprint density at radius 1 is 1.58 bits per heavy atom. The Bertz CT molecular complexity index is 259. The minimum absolute atomic E-state index is 0.0714. The molecule has 1 fully saturated rings. The first-order valence-corrected chi connectivity index (χ1v) is 7.34. The van der Waals surface area contributed by atoms with Crippen molar-refractivity contribution in [2.75, 3.05) is 11.5 Å². The summed E-state index contributed by atoms with van der Waals surface area (Å²) in [5.41, 5.74) is 0. The molecule has 12 heavy (non-hydrogen) atoms. The van der Waals surface area contributed by atoms with Crippen LogP contribution in [0.5, 0.6) is 0 Å². The molecule has 5 heteroatoms. The van der Waals surface area contributed by atoms with Crippen LogP contribution in [-0.4, -0.2) is 24.7 Å². The van der Waals surface area contributed by atoms with Gasteiger partial charge in [-0.25, -0.2) is 8.42 Å². The zero-order valence-electron chi connectivity index (χ0n) is 7.21. The lowest BCUT2D eigenvalue weighted by molar-refractivity contribution is 0.473. The molecule has 72 valence electrons. The highest BCUT2D eigenvalue weighted by atomic mass is 35.7. The normalized spacial score (nSPS) is 29.1. The zero-order chi connectivity index (χ0) is 9.41. The van der Waals surface area contributed by atoms with Gasteiger partial charge in [0, 0.05) is 15.4 Å². The van der Waals surface area contributed by atoms with Crippen LogP contribution in [0.15, 0.2) is 0 Å². The Labute approximate surface area is 82.5 Å². The maximum Gasteiger partial charge on any atom is 0.232 e. The fraction of sp³-hybridized carbons (Fsp3) is 1.00. The molecule has 0 amide bonds. The van der Waals surface area contributed by atoms with E-state index in [2.05, 4.69) is 13.8 Å². The van der Waals surface area contributed by atoms with Crippen molar-refractivity contribution in [1.82, 2.24) is 0 Å². The average Bonchev–Trinajstić information content (AvgIpc) is 2.07. The van der Waals surface area contributed by atoms with E-state index in [9.17, 15) is 8.42 Å². The molecule has 0 aliphatic carbocycles. The summed E-state index contributed by atoms with van der Waals surface area (Å²) in [6, 6.07) is 0. The first-order valence-electron chi connectivity index (χ1n) is 3.87. The van der Waals surface area contributed by atoms with Crippen molar-refractivity contribution < 1.29 is 8.42 Å². The van der Waals surface area contributed by atoms with Gasteiger partial charge in [-0.3, -0.25) is 0 Å². The minimum Gasteiger partial charge on any atom is -0.212 e. The van der Waals surface area contributed by atoms with Gasteiger partial charge in [0.1, 0.15) is 0 Å². The lowest BCUT2D eigenvalue weighted by atomic mass is 9.95. The Morgan fingerprint density at radius 3 is 2.50 bits per heavy atom. The van der Waals surface area contributed by atoms with Crippen LogP contribution in [0.25, 0.3) is 0 Å². The minimum atomic E-state index is -3.32. The van der Waals surface area contributed by atoms with Gasteiger partial charge in [-0.05, 0) is 18.1 Å². The molecule has 1 unspecified atom stereocenters. The van der Waals surface area contributed by atoms with Crippen LogP contribution in [0.3, 0.4) is 0 Å². The predicted octanol–water partition coefficient (Wildman–Crippen LogP) is 2.09. The maximum absolute atomic E-state index is 10.8. The SMILES string of the molecule is CC1(C)SCCC1CS(=O)(=O)Cl. The van der Waals surface area contributed by atoms with Gasteiger partial charge in [-0.2, -0.15) is 11.8 Å². The van der Waals surface area contributed by atoms with Crippen molar-refractivity contribution in [3.63, 3.8) is 0 Å². The van der Waals surface area contributed by atoms with Crippen LogP contribution in [0.1, 0.15) is 20.3 Å². The fourth-order valence-electron chi connectivity index (χ4n) is 1.45. The quantitative estimate of drug-likeness (QED) is 0.679. The highest BCUT2D eigenvalue weighted by Gasteiger charge is 2.37. The van der Waals surface area contributed by atoms with Gasteiger partial charge in [0.25, 0.3) is 0 Å². The predicted molar refractivity (Wildman–Crippen MR) is 54.3 cm³/mol. The molecule has 0 spiro atoms. The summed E-state index contributed by atoms with van der Waals surface area (Å²) in [4.78, 5) is 0. The van der Waals surface area contributed by atoms with Crippen molar-refractivity contribution in [3.05, 3.63) is 0 Å². The van der Waals surface area contributed by atoms with Crippen LogP contribution >= 0.6 is 22.4 Å². The van der Waals surface area contributed by atoms with Crippen molar-refractivity contribution in [1.29, 1.82) is 0 Å². The first kappa shape index (κ1) is 10.7. The van der Waals surface area contributed by atoms with Gasteiger partial charge in [0.05, 0.1) is 5.75 Å². The molecule has 0 bridgehead atoms.